The van der Waals surface area contributed by atoms with Crippen LogP contribution in [0.4, 0.5) is 13.2 Å². The second kappa shape index (κ2) is 38.8. The smallest absolute Gasteiger partial charge is 0.381 e. The van der Waals surface area contributed by atoms with Crippen LogP contribution in [-0.4, -0.2) is 296 Å². The first kappa shape index (κ1) is 88.3. The van der Waals surface area contributed by atoms with E-state index in [0.717, 1.165) is 48.3 Å². The number of carbonyl (C=O) groups excluding carboxylic acids is 12. The zero-order valence-corrected chi connectivity index (χ0v) is 67.2. The van der Waals surface area contributed by atoms with Crippen molar-refractivity contribution in [3.8, 4) is 0 Å². The number of nitrogens with one attached hydrogen (secondary N) is 3. The molecule has 108 heavy (non-hydrogen) atoms. The summed E-state index contributed by atoms with van der Waals surface area (Å²) in [6.07, 6.45) is 3.57. The molecule has 30 heteroatoms. The Morgan fingerprint density at radius 1 is 0.685 bits per heavy atom. The lowest BCUT2D eigenvalue weighted by Crippen LogP contribution is -2.71. The summed E-state index contributed by atoms with van der Waals surface area (Å²) in [4.78, 5) is 194. The van der Waals surface area contributed by atoms with Crippen LogP contribution in [0.5, 0.6) is 0 Å². The average molecular weight is 1530 g/mol. The predicted molar refractivity (Wildman–Crippen MR) is 397 cm³/mol. The molecule has 6 fully saturated rings. The van der Waals surface area contributed by atoms with Crippen LogP contribution in [-0.2, 0) is 71.7 Å². The first-order valence-corrected chi connectivity index (χ1v) is 39.6. The van der Waals surface area contributed by atoms with Crippen LogP contribution in [0.15, 0.2) is 12.2 Å². The molecular formula is C78H127F3N12O15. The second-order valence-corrected chi connectivity index (χ2v) is 33.2. The van der Waals surface area contributed by atoms with Crippen LogP contribution in [0, 0.1) is 40.9 Å². The summed E-state index contributed by atoms with van der Waals surface area (Å²) in [5.74, 6) is -10.6. The van der Waals surface area contributed by atoms with Crippen molar-refractivity contribution in [3.05, 3.63) is 12.2 Å². The molecule has 3 unspecified atom stereocenters. The first-order chi connectivity index (χ1) is 50.8. The normalized spacial score (nSPS) is 31.6. The topological polar surface area (TPSA) is 298 Å². The molecule has 3 heterocycles. The van der Waals surface area contributed by atoms with E-state index in [1.807, 2.05) is 33.8 Å². The molecule has 0 aromatic carbocycles. The van der Waals surface area contributed by atoms with Crippen molar-refractivity contribution in [3.63, 3.8) is 0 Å². The van der Waals surface area contributed by atoms with Gasteiger partial charge in [-0.3, -0.25) is 57.5 Å². The van der Waals surface area contributed by atoms with E-state index in [0.29, 0.717) is 31.6 Å². The highest BCUT2D eigenvalue weighted by Gasteiger charge is 2.59. The summed E-state index contributed by atoms with van der Waals surface area (Å²) in [6.45, 7) is 13.7. The minimum Gasteiger partial charge on any atom is -0.381 e. The van der Waals surface area contributed by atoms with Crippen LogP contribution in [0.2, 0.25) is 0 Å². The van der Waals surface area contributed by atoms with Gasteiger partial charge in [0, 0.05) is 89.3 Å². The number of methoxy groups -OCH3 is 1. The van der Waals surface area contributed by atoms with Gasteiger partial charge in [0.05, 0.1) is 44.2 Å². The molecule has 2 saturated heterocycles. The van der Waals surface area contributed by atoms with Gasteiger partial charge in [0.2, 0.25) is 70.9 Å². The van der Waals surface area contributed by atoms with Crippen molar-refractivity contribution in [2.45, 2.75) is 262 Å². The van der Waals surface area contributed by atoms with Crippen molar-refractivity contribution in [2.75, 3.05) is 109 Å². The van der Waals surface area contributed by atoms with E-state index in [-0.39, 0.29) is 121 Å². The van der Waals surface area contributed by atoms with Crippen molar-refractivity contribution < 1.29 is 84.9 Å². The van der Waals surface area contributed by atoms with Gasteiger partial charge >= 0.3 is 6.18 Å². The number of hydrogen-bond donors (Lipinski definition) is 3. The third-order valence-electron chi connectivity index (χ3n) is 24.3. The standard InChI is InChI=1S/C78H127F3N12O15/c1-17-37-107-45-60-67(97)83-65(50(6)108-19-3)73(103)87(11)44-64(96)88(12)56-27-21-20-24-36-92(72(56)102)59(39-51-30-28-48(4)29-31-51)71(101)86(10)43-62(94)82-55(35-33-52-32-34-54(78(79,80)81)61(40-52)106-16)69(99)93-42-49(5)38-57(93)68(98)84-77(46-76(7,8)47-77)75(105)91(15)66(53-25-22-23-26-53)74(104)90(14)58(41-63(95)89(60)13)70(100)85(9)18-2/h20-21,48-61,65-66H,17-19,22-47H2,1-16H3,(H,82,94)(H,83,97)(H,84,98)/b21-20-/t48?,49-,50+,51?,52?,54?,55-,56-,57-,58-,59-,60-,61?,65-,66-/m0/s1. The van der Waals surface area contributed by atoms with E-state index >= 15 is 33.6 Å². The van der Waals surface area contributed by atoms with Crippen molar-refractivity contribution in [1.82, 2.24) is 60.0 Å². The van der Waals surface area contributed by atoms with Crippen LogP contribution in [0.1, 0.15) is 190 Å². The summed E-state index contributed by atoms with van der Waals surface area (Å²) >= 11 is 0. The number of nitrogens with zero attached hydrogens (tertiary/aromatic N) is 9. The summed E-state index contributed by atoms with van der Waals surface area (Å²) in [5, 5.41) is 8.79. The number of likely N-dealkylation sites (N-methyl/N-ethyl adjacent to an activating group) is 7. The molecule has 0 aromatic heterocycles. The van der Waals surface area contributed by atoms with Crippen LogP contribution in [0.3, 0.4) is 0 Å². The summed E-state index contributed by atoms with van der Waals surface area (Å²) in [7, 11) is 11.2. The zero-order valence-electron chi connectivity index (χ0n) is 67.2. The minimum atomic E-state index is -4.52. The van der Waals surface area contributed by atoms with Gasteiger partial charge in [-0.05, 0) is 146 Å². The van der Waals surface area contributed by atoms with Gasteiger partial charge in [-0.1, -0.05) is 85.3 Å². The molecule has 3 N–H and O–H groups in total. The van der Waals surface area contributed by atoms with Gasteiger partial charge in [0.25, 0.3) is 0 Å². The molecule has 12 amide bonds. The highest BCUT2D eigenvalue weighted by Crippen LogP contribution is 2.50. The molecule has 0 radical (unpaired) electrons. The molecule has 610 valence electrons. The molecule has 3 aliphatic heterocycles. The fraction of sp³-hybridized carbons (Fsp3) is 0.821. The van der Waals surface area contributed by atoms with Crippen LogP contribution >= 0.6 is 0 Å². The lowest BCUT2D eigenvalue weighted by molar-refractivity contribution is -0.215. The molecule has 7 rings (SSSR count). The maximum atomic E-state index is 15.8. The molecular weight excluding hydrogens is 1400 g/mol. The summed E-state index contributed by atoms with van der Waals surface area (Å²) in [6, 6.07) is -10.6. The van der Waals surface area contributed by atoms with Gasteiger partial charge in [0.15, 0.2) is 0 Å². The van der Waals surface area contributed by atoms with Gasteiger partial charge < -0.3 is 74.3 Å². The molecule has 0 aromatic rings. The Balaban J connectivity index is 1.33. The Kier molecular flexibility index (Phi) is 31.7. The van der Waals surface area contributed by atoms with Gasteiger partial charge in [-0.15, -0.1) is 0 Å². The van der Waals surface area contributed by atoms with Gasteiger partial charge in [-0.25, -0.2) is 0 Å². The van der Waals surface area contributed by atoms with E-state index < -0.39 is 180 Å². The van der Waals surface area contributed by atoms with Gasteiger partial charge in [-0.2, -0.15) is 13.2 Å². The lowest BCUT2D eigenvalue weighted by Gasteiger charge is -2.54. The second-order valence-electron chi connectivity index (χ2n) is 33.2. The van der Waals surface area contributed by atoms with E-state index in [2.05, 4.69) is 22.9 Å². The number of carbonyl (C=O) groups is 12. The Morgan fingerprint density at radius 2 is 1.33 bits per heavy atom. The maximum Gasteiger partial charge on any atom is 0.394 e. The minimum absolute atomic E-state index is 0.0125. The number of ether oxygens (including phenoxy) is 3. The third-order valence-corrected chi connectivity index (χ3v) is 24.3. The molecule has 27 nitrogen and oxygen atoms in total. The highest BCUT2D eigenvalue weighted by atomic mass is 19.4. The Labute approximate surface area is 637 Å². The van der Waals surface area contributed by atoms with Crippen LogP contribution in [0.25, 0.3) is 0 Å². The van der Waals surface area contributed by atoms with E-state index in [1.165, 1.54) is 90.7 Å². The SMILES string of the molecule is CCCOC[C@H]1C(=O)N[C@@H]([C@@H](C)OCC)C(=O)N(C)CC(=O)N(C)[C@H]2C/C=C\CCN(C2=O)[C@@H](CC2CCC(C)CC2)C(=O)N(C)CC(=O)N[C@@H](CCC2CCC(C(F)(F)F)C(OC)C2)C(=O)N2C[C@@H](C)C[C@H]2C(=O)NC2(CC(C)(C)C2)C(=O)N(C)[C@@H](C2CCCC2)C(=O)N(C)[C@H](C(=O)N(C)CC)CC(=O)N1C. The van der Waals surface area contributed by atoms with Crippen molar-refractivity contribution >= 4 is 70.9 Å². The molecule has 13 atom stereocenters. The summed E-state index contributed by atoms with van der Waals surface area (Å²) < 4.78 is 60.3. The number of amides is 12. The molecule has 1 spiro atoms. The van der Waals surface area contributed by atoms with E-state index in [9.17, 15) is 37.1 Å². The monoisotopic (exact) mass is 1530 g/mol. The quantitative estimate of drug-likeness (QED) is 0.126. The third kappa shape index (κ3) is 21.8. The predicted octanol–water partition coefficient (Wildman–Crippen LogP) is 5.55. The fourth-order valence-corrected chi connectivity index (χ4v) is 17.9. The van der Waals surface area contributed by atoms with E-state index in [1.54, 1.807) is 26.8 Å². The Hall–Kier alpha value is -6.95. The number of hydrogen-bond acceptors (Lipinski definition) is 15. The van der Waals surface area contributed by atoms with Crippen molar-refractivity contribution in [2.24, 2.45) is 40.9 Å². The Morgan fingerprint density at radius 3 is 1.94 bits per heavy atom. The maximum absolute atomic E-state index is 15.8. The molecule has 7 aliphatic rings. The largest absolute Gasteiger partial charge is 0.394 e. The molecule has 2 bridgehead atoms. The first-order valence-electron chi connectivity index (χ1n) is 39.6. The van der Waals surface area contributed by atoms with Crippen molar-refractivity contribution in [1.29, 1.82) is 0 Å². The summed E-state index contributed by atoms with van der Waals surface area (Å²) in [5.41, 5.74) is -2.14. The van der Waals surface area contributed by atoms with Crippen LogP contribution < -0.4 is 16.0 Å². The number of halogens is 3. The fourth-order valence-electron chi connectivity index (χ4n) is 17.9. The number of fused-ring (bicyclic) bond motifs is 3. The zero-order chi connectivity index (χ0) is 80.0. The highest BCUT2D eigenvalue weighted by molar-refractivity contribution is 6.01. The van der Waals surface area contributed by atoms with Gasteiger partial charge in [0.1, 0.15) is 53.9 Å². The molecule has 4 saturated carbocycles. The number of alkyl halides is 3. The average Bonchev–Trinajstić information content (AvgIpc) is 0.874. The lowest BCUT2D eigenvalue weighted by atomic mass is 9.58. The molecule has 4 aliphatic carbocycles. The number of rotatable bonds is 16. The van der Waals surface area contributed by atoms with E-state index in [4.69, 9.17) is 14.2 Å². The Bertz CT molecular complexity index is 3190.